The van der Waals surface area contributed by atoms with Crippen molar-refractivity contribution in [1.29, 1.82) is 0 Å². The van der Waals surface area contributed by atoms with Crippen molar-refractivity contribution in [2.75, 3.05) is 46.9 Å². The number of fused-ring (bicyclic) bond motifs is 1. The molecule has 8 heteroatoms. The molecule has 0 saturated carbocycles. The normalized spacial score (nSPS) is 16.5. The van der Waals surface area contributed by atoms with Crippen LogP contribution in [0, 0.1) is 4.91 Å². The van der Waals surface area contributed by atoms with Crippen molar-refractivity contribution in [3.8, 4) is 5.75 Å². The summed E-state index contributed by atoms with van der Waals surface area (Å²) in [5.74, 6) is 0.308. The number of likely N-dealkylation sites (N-methyl/N-ethyl adjacent to an activating group) is 1. The van der Waals surface area contributed by atoms with Gasteiger partial charge in [-0.3, -0.25) is 9.69 Å². The Hall–Kier alpha value is -2.16. The molecule has 34 heavy (non-hydrogen) atoms. The second kappa shape index (κ2) is 12.0. The van der Waals surface area contributed by atoms with E-state index in [1.807, 2.05) is 43.3 Å². The lowest BCUT2D eigenvalue weighted by atomic mass is 9.98. The van der Waals surface area contributed by atoms with Gasteiger partial charge in [-0.2, -0.15) is 0 Å². The number of nitroso groups, excluding NO2 is 1. The highest BCUT2D eigenvalue weighted by molar-refractivity contribution is 7.99. The van der Waals surface area contributed by atoms with Crippen LogP contribution >= 0.6 is 11.9 Å². The van der Waals surface area contributed by atoms with Gasteiger partial charge in [0.05, 0.1) is 13.0 Å². The van der Waals surface area contributed by atoms with Crippen molar-refractivity contribution in [2.45, 2.75) is 50.3 Å². The number of benzene rings is 2. The van der Waals surface area contributed by atoms with Crippen molar-refractivity contribution in [3.05, 3.63) is 46.9 Å². The van der Waals surface area contributed by atoms with Crippen molar-refractivity contribution in [3.63, 3.8) is 0 Å². The van der Waals surface area contributed by atoms with Crippen LogP contribution in [-0.4, -0.2) is 73.5 Å². The minimum atomic E-state index is -0.317. The first-order chi connectivity index (χ1) is 16.2. The van der Waals surface area contributed by atoms with E-state index < -0.39 is 0 Å². The first-order valence-electron chi connectivity index (χ1n) is 11.9. The first kappa shape index (κ1) is 26.4. The molecule has 0 N–H and O–H groups in total. The fourth-order valence-corrected chi connectivity index (χ4v) is 5.00. The Morgan fingerprint density at radius 3 is 2.56 bits per heavy atom. The smallest absolute Gasteiger partial charge is 0.313 e. The molecular weight excluding hydrogens is 450 g/mol. The summed E-state index contributed by atoms with van der Waals surface area (Å²) in [6.07, 6.45) is 2.13. The molecule has 0 radical (unpaired) electrons. The van der Waals surface area contributed by atoms with Crippen molar-refractivity contribution >= 4 is 28.7 Å². The Morgan fingerprint density at radius 2 is 1.88 bits per heavy atom. The average molecular weight is 488 g/mol. The molecule has 7 nitrogen and oxygen atoms in total. The van der Waals surface area contributed by atoms with Gasteiger partial charge in [0.15, 0.2) is 0 Å². The lowest BCUT2D eigenvalue weighted by Crippen LogP contribution is -2.47. The zero-order valence-electron chi connectivity index (χ0n) is 21.0. The number of carbonyl (C=O) groups excluding carboxylic acids is 1. The van der Waals surface area contributed by atoms with Gasteiger partial charge in [0.25, 0.3) is 0 Å². The van der Waals surface area contributed by atoms with Crippen LogP contribution in [0.3, 0.4) is 0 Å². The summed E-state index contributed by atoms with van der Waals surface area (Å²) >= 11 is 1.11. The summed E-state index contributed by atoms with van der Waals surface area (Å²) in [6.45, 7) is 9.98. The number of likely N-dealkylation sites (tertiary alicyclic amines) is 1. The largest absolute Gasteiger partial charge is 0.497 e. The van der Waals surface area contributed by atoms with Crippen molar-refractivity contribution in [2.24, 2.45) is 4.58 Å². The minimum absolute atomic E-state index is 0.163. The van der Waals surface area contributed by atoms with E-state index in [4.69, 9.17) is 9.47 Å². The van der Waals surface area contributed by atoms with Crippen LogP contribution in [0.5, 0.6) is 5.75 Å². The lowest BCUT2D eigenvalue weighted by molar-refractivity contribution is -0.145. The van der Waals surface area contributed by atoms with E-state index in [1.54, 1.807) is 7.11 Å². The predicted octanol–water partition coefficient (Wildman–Crippen LogP) is 5.08. The third-order valence-corrected chi connectivity index (χ3v) is 7.38. The summed E-state index contributed by atoms with van der Waals surface area (Å²) < 4.78 is 13.7. The molecule has 0 unspecified atom stereocenters. The van der Waals surface area contributed by atoms with E-state index in [9.17, 15) is 9.70 Å². The van der Waals surface area contributed by atoms with E-state index in [2.05, 4.69) is 35.3 Å². The zero-order valence-corrected chi connectivity index (χ0v) is 21.8. The minimum Gasteiger partial charge on any atom is -0.497 e. The maximum Gasteiger partial charge on any atom is 0.313 e. The van der Waals surface area contributed by atoms with Gasteiger partial charge in [0, 0.05) is 40.4 Å². The van der Waals surface area contributed by atoms with Gasteiger partial charge in [-0.25, -0.2) is 0 Å². The van der Waals surface area contributed by atoms with Crippen LogP contribution < -0.4 is 4.74 Å². The molecule has 1 saturated heterocycles. The van der Waals surface area contributed by atoms with Crippen molar-refractivity contribution < 1.29 is 14.3 Å². The Kier molecular flexibility index (Phi) is 9.33. The van der Waals surface area contributed by atoms with Crippen LogP contribution in [0.15, 0.2) is 41.0 Å². The number of hydrogen-bond donors (Lipinski definition) is 0. The summed E-state index contributed by atoms with van der Waals surface area (Å²) in [5, 5.41) is 2.16. The number of piperidine rings is 1. The third kappa shape index (κ3) is 7.17. The van der Waals surface area contributed by atoms with Gasteiger partial charge < -0.3 is 14.4 Å². The summed E-state index contributed by atoms with van der Waals surface area (Å²) in [4.78, 5) is 28.0. The molecule has 3 rings (SSSR count). The highest BCUT2D eigenvalue weighted by Crippen LogP contribution is 2.28. The maximum absolute atomic E-state index is 12.7. The molecule has 0 amide bonds. The topological polar surface area (TPSA) is 71.4 Å². The fourth-order valence-electron chi connectivity index (χ4n) is 4.56. The van der Waals surface area contributed by atoms with Gasteiger partial charge >= 0.3 is 5.97 Å². The first-order valence-corrected chi connectivity index (χ1v) is 12.7. The molecule has 1 aliphatic heterocycles. The number of carbonyl (C=O) groups is 1. The molecule has 0 aromatic heterocycles. The molecule has 1 aliphatic rings. The molecule has 1 heterocycles. The highest BCUT2D eigenvalue weighted by Gasteiger charge is 2.28. The standard InChI is InChI=1S/C26H37N3O4S/c1-19(20-6-7-22-17-24(32-5)9-8-21(22)16-20)25(30)33-15-14-28(4)23-10-12-29(13-11-23)18-26(2,3)34-27-31/h6-9,16-17,19,23H,10-15,18H2,1-5H3/t19-/m0/s1. The van der Waals surface area contributed by atoms with E-state index in [1.165, 1.54) is 0 Å². The second-order valence-electron chi connectivity index (χ2n) is 9.78. The van der Waals surface area contributed by atoms with Gasteiger partial charge in [0.1, 0.15) is 12.4 Å². The SMILES string of the molecule is COc1ccc2cc([C@H](C)C(=O)OCCN(C)C3CCN(CC(C)(C)SN=O)CC3)ccc2c1. The molecule has 0 bridgehead atoms. The summed E-state index contributed by atoms with van der Waals surface area (Å²) in [7, 11) is 3.76. The van der Waals surface area contributed by atoms with E-state index >= 15 is 0 Å². The van der Waals surface area contributed by atoms with Crippen LogP contribution in [0.2, 0.25) is 0 Å². The van der Waals surface area contributed by atoms with Gasteiger partial charge in [0.2, 0.25) is 0 Å². The Balaban J connectivity index is 1.43. The summed E-state index contributed by atoms with van der Waals surface area (Å²) in [5.41, 5.74) is 0.953. The van der Waals surface area contributed by atoms with Crippen molar-refractivity contribution in [1.82, 2.24) is 9.80 Å². The molecule has 186 valence electrons. The highest BCUT2D eigenvalue weighted by atomic mass is 32.2. The molecule has 0 aliphatic carbocycles. The van der Waals surface area contributed by atoms with Crippen LogP contribution in [0.4, 0.5) is 0 Å². The number of nitrogens with zero attached hydrogens (tertiary/aromatic N) is 3. The van der Waals surface area contributed by atoms with E-state index in [0.717, 1.165) is 73.1 Å². The summed E-state index contributed by atoms with van der Waals surface area (Å²) in [6, 6.07) is 12.5. The zero-order chi connectivity index (χ0) is 24.7. The molecule has 1 fully saturated rings. The number of rotatable bonds is 11. The Bertz CT molecular complexity index is 976. The molecule has 2 aromatic carbocycles. The average Bonchev–Trinajstić information content (AvgIpc) is 2.82. The molecule has 1 atom stereocenters. The fraction of sp³-hybridized carbons (Fsp3) is 0.577. The number of methoxy groups -OCH3 is 1. The van der Waals surface area contributed by atoms with Gasteiger partial charge in [-0.15, -0.1) is 4.91 Å². The van der Waals surface area contributed by atoms with Gasteiger partial charge in [-0.05, 0) is 82.2 Å². The van der Waals surface area contributed by atoms with Crippen LogP contribution in [0.25, 0.3) is 10.8 Å². The molecular formula is C26H37N3O4S. The number of hydrogen-bond acceptors (Lipinski definition) is 8. The Morgan fingerprint density at radius 1 is 1.21 bits per heavy atom. The van der Waals surface area contributed by atoms with E-state index in [-0.39, 0.29) is 16.6 Å². The second-order valence-corrected chi connectivity index (χ2v) is 11.2. The maximum atomic E-state index is 12.7. The van der Waals surface area contributed by atoms with Crippen LogP contribution in [0.1, 0.15) is 45.1 Å². The third-order valence-electron chi connectivity index (χ3n) is 6.68. The number of ether oxygens (including phenoxy) is 2. The Labute approximate surface area is 207 Å². The predicted molar refractivity (Wildman–Crippen MR) is 139 cm³/mol. The number of esters is 1. The van der Waals surface area contributed by atoms with E-state index in [0.29, 0.717) is 12.6 Å². The monoisotopic (exact) mass is 487 g/mol. The molecule has 2 aromatic rings. The quantitative estimate of drug-likeness (QED) is 0.248. The van der Waals surface area contributed by atoms with Crippen LogP contribution in [-0.2, 0) is 9.53 Å². The lowest BCUT2D eigenvalue weighted by Gasteiger charge is -2.39. The molecule has 0 spiro atoms. The van der Waals surface area contributed by atoms with Gasteiger partial charge in [-0.1, -0.05) is 24.3 Å².